The van der Waals surface area contributed by atoms with Gasteiger partial charge in [-0.1, -0.05) is 57.2 Å². The minimum atomic E-state index is 0.0618. The number of carbonyl (C=O) groups is 1. The molecule has 0 aliphatic carbocycles. The van der Waals surface area contributed by atoms with Crippen LogP contribution < -0.4 is 0 Å². The monoisotopic (exact) mass is 730 g/mol. The van der Waals surface area contributed by atoms with Crippen molar-refractivity contribution in [1.29, 1.82) is 0 Å². The predicted octanol–water partition coefficient (Wildman–Crippen LogP) is 8.85. The molecule has 0 bridgehead atoms. The number of ketones is 1. The highest BCUT2D eigenvalue weighted by Crippen LogP contribution is 2.24. The van der Waals surface area contributed by atoms with Crippen LogP contribution in [-0.4, -0.2) is 11.5 Å². The van der Waals surface area contributed by atoms with Gasteiger partial charge in [-0.25, -0.2) is 0 Å². The molecular formula is C23H25I3OS. The second-order valence-corrected chi connectivity index (χ2v) is 11.4. The standard InChI is InChI=1S/C23H25I3OS/c1-2-3-4-5-6-7-14-28-19-11-8-17(9-12-19)10-13-22(27)23-20(25)15-18(24)16-21(23)26/h8-13,15-16H,2-7,14H2,1H3. The molecule has 0 heterocycles. The molecule has 0 aromatic heterocycles. The van der Waals surface area contributed by atoms with E-state index in [0.29, 0.717) is 0 Å². The molecule has 0 spiro atoms. The molecule has 0 unspecified atom stereocenters. The Morgan fingerprint density at radius 1 is 0.929 bits per heavy atom. The molecule has 0 aliphatic rings. The van der Waals surface area contributed by atoms with Crippen molar-refractivity contribution in [2.24, 2.45) is 0 Å². The maximum absolute atomic E-state index is 12.6. The molecular weight excluding hydrogens is 705 g/mol. The average molecular weight is 730 g/mol. The number of carbonyl (C=O) groups excluding carboxylic acids is 1. The van der Waals surface area contributed by atoms with Gasteiger partial charge in [0.2, 0.25) is 0 Å². The van der Waals surface area contributed by atoms with E-state index < -0.39 is 0 Å². The molecule has 0 amide bonds. The fourth-order valence-electron chi connectivity index (χ4n) is 2.78. The fraction of sp³-hybridized carbons (Fsp3) is 0.348. The molecule has 0 saturated heterocycles. The van der Waals surface area contributed by atoms with Crippen molar-refractivity contribution in [2.45, 2.75) is 50.3 Å². The number of thioether (sulfide) groups is 1. The summed E-state index contributed by atoms with van der Waals surface area (Å²) in [6, 6.07) is 12.6. The quantitative estimate of drug-likeness (QED) is 0.0757. The topological polar surface area (TPSA) is 17.1 Å². The van der Waals surface area contributed by atoms with Crippen molar-refractivity contribution in [3.05, 3.63) is 64.3 Å². The molecule has 0 saturated carbocycles. The molecule has 0 N–H and O–H groups in total. The average Bonchev–Trinajstić information content (AvgIpc) is 2.66. The Morgan fingerprint density at radius 2 is 1.54 bits per heavy atom. The van der Waals surface area contributed by atoms with E-state index in [4.69, 9.17) is 0 Å². The van der Waals surface area contributed by atoms with Crippen LogP contribution in [0.15, 0.2) is 47.4 Å². The number of halogens is 3. The molecule has 2 rings (SSSR count). The maximum atomic E-state index is 12.6. The van der Waals surface area contributed by atoms with E-state index in [0.717, 1.165) is 21.8 Å². The summed E-state index contributed by atoms with van der Waals surface area (Å²) in [7, 11) is 0. The van der Waals surface area contributed by atoms with Gasteiger partial charge in [0.05, 0.1) is 0 Å². The zero-order valence-corrected chi connectivity index (χ0v) is 23.3. The molecule has 0 aliphatic heterocycles. The van der Waals surface area contributed by atoms with E-state index in [9.17, 15) is 4.79 Å². The number of benzene rings is 2. The molecule has 5 heteroatoms. The van der Waals surface area contributed by atoms with Crippen LogP contribution in [0.25, 0.3) is 6.08 Å². The summed E-state index contributed by atoms with van der Waals surface area (Å²) in [4.78, 5) is 13.9. The van der Waals surface area contributed by atoms with Gasteiger partial charge in [-0.2, -0.15) is 0 Å². The Balaban J connectivity index is 1.84. The minimum absolute atomic E-state index is 0.0618. The van der Waals surface area contributed by atoms with Gasteiger partial charge < -0.3 is 0 Å². The highest BCUT2D eigenvalue weighted by molar-refractivity contribution is 14.1. The summed E-state index contributed by atoms with van der Waals surface area (Å²) in [6.07, 6.45) is 11.6. The van der Waals surface area contributed by atoms with Crippen LogP contribution in [0.3, 0.4) is 0 Å². The van der Waals surface area contributed by atoms with Gasteiger partial charge in [0.25, 0.3) is 0 Å². The van der Waals surface area contributed by atoms with Crippen LogP contribution in [0.4, 0.5) is 0 Å². The van der Waals surface area contributed by atoms with Crippen molar-refractivity contribution in [2.75, 3.05) is 5.75 Å². The normalized spacial score (nSPS) is 11.3. The second-order valence-electron chi connectivity index (χ2n) is 6.63. The lowest BCUT2D eigenvalue weighted by Gasteiger charge is -2.05. The summed E-state index contributed by atoms with van der Waals surface area (Å²) in [5.74, 6) is 1.25. The van der Waals surface area contributed by atoms with E-state index in [1.54, 1.807) is 6.08 Å². The Labute approximate surface area is 214 Å². The molecule has 1 nitrogen and oxygen atoms in total. The minimum Gasteiger partial charge on any atom is -0.289 e. The van der Waals surface area contributed by atoms with Gasteiger partial charge >= 0.3 is 0 Å². The molecule has 0 fully saturated rings. The smallest absolute Gasteiger partial charge is 0.187 e. The van der Waals surface area contributed by atoms with Crippen molar-refractivity contribution >= 4 is 91.4 Å². The zero-order chi connectivity index (χ0) is 20.4. The zero-order valence-electron chi connectivity index (χ0n) is 16.0. The van der Waals surface area contributed by atoms with Gasteiger partial charge in [0.15, 0.2) is 5.78 Å². The van der Waals surface area contributed by atoms with Gasteiger partial charge in [-0.05, 0) is 116 Å². The summed E-state index contributed by atoms with van der Waals surface area (Å²) >= 11 is 8.70. The lowest BCUT2D eigenvalue weighted by atomic mass is 10.1. The third-order valence-corrected chi connectivity index (χ3v) is 7.75. The SMILES string of the molecule is CCCCCCCCSc1ccc(C=CC(=O)c2c(I)cc(I)cc2I)cc1. The molecule has 0 radical (unpaired) electrons. The Morgan fingerprint density at radius 3 is 2.18 bits per heavy atom. The third-order valence-electron chi connectivity index (χ3n) is 4.33. The van der Waals surface area contributed by atoms with Crippen molar-refractivity contribution in [3.63, 3.8) is 0 Å². The van der Waals surface area contributed by atoms with Gasteiger partial charge in [0.1, 0.15) is 0 Å². The van der Waals surface area contributed by atoms with Crippen molar-refractivity contribution in [1.82, 2.24) is 0 Å². The molecule has 2 aromatic carbocycles. The molecule has 150 valence electrons. The van der Waals surface area contributed by atoms with Crippen LogP contribution in [-0.2, 0) is 0 Å². The first-order valence-corrected chi connectivity index (χ1v) is 13.8. The summed E-state index contributed by atoms with van der Waals surface area (Å²) in [5.41, 5.74) is 1.86. The highest BCUT2D eigenvalue weighted by atomic mass is 127. The van der Waals surface area contributed by atoms with Crippen molar-refractivity contribution < 1.29 is 4.79 Å². The van der Waals surface area contributed by atoms with Crippen LogP contribution in [0.5, 0.6) is 0 Å². The maximum Gasteiger partial charge on any atom is 0.187 e. The number of rotatable bonds is 11. The summed E-state index contributed by atoms with van der Waals surface area (Å²) < 4.78 is 3.16. The lowest BCUT2D eigenvalue weighted by Crippen LogP contribution is -2.02. The largest absolute Gasteiger partial charge is 0.289 e. The van der Waals surface area contributed by atoms with Crippen LogP contribution in [0, 0.1) is 10.7 Å². The van der Waals surface area contributed by atoms with E-state index in [1.165, 1.54) is 49.2 Å². The van der Waals surface area contributed by atoms with E-state index in [-0.39, 0.29) is 5.78 Å². The predicted molar refractivity (Wildman–Crippen MR) is 148 cm³/mol. The molecule has 0 atom stereocenters. The molecule has 28 heavy (non-hydrogen) atoms. The fourth-order valence-corrected chi connectivity index (χ4v) is 7.81. The third kappa shape index (κ3) is 8.63. The van der Waals surface area contributed by atoms with Crippen LogP contribution in [0.2, 0.25) is 0 Å². The first-order valence-electron chi connectivity index (χ1n) is 9.61. The summed E-state index contributed by atoms with van der Waals surface area (Å²) in [5, 5.41) is 0. The Kier molecular flexibility index (Phi) is 12.0. The number of allylic oxidation sites excluding steroid dienone is 1. The Hall–Kier alpha value is 0.390. The van der Waals surface area contributed by atoms with E-state index in [2.05, 4.69) is 99.0 Å². The Bertz CT molecular complexity index is 777. The van der Waals surface area contributed by atoms with Crippen molar-refractivity contribution in [3.8, 4) is 0 Å². The van der Waals surface area contributed by atoms with Crippen LogP contribution in [0.1, 0.15) is 61.4 Å². The first kappa shape index (κ1) is 24.7. The number of hydrogen-bond donors (Lipinski definition) is 0. The first-order chi connectivity index (χ1) is 13.5. The van der Waals surface area contributed by atoms with Crippen LogP contribution >= 0.6 is 79.5 Å². The lowest BCUT2D eigenvalue weighted by molar-refractivity contribution is 0.104. The highest BCUT2D eigenvalue weighted by Gasteiger charge is 2.12. The number of hydrogen-bond acceptors (Lipinski definition) is 2. The van der Waals surface area contributed by atoms with Gasteiger partial charge in [-0.15, -0.1) is 11.8 Å². The van der Waals surface area contributed by atoms with E-state index in [1.807, 2.05) is 30.0 Å². The summed E-state index contributed by atoms with van der Waals surface area (Å²) in [6.45, 7) is 2.26. The van der Waals surface area contributed by atoms with Gasteiger partial charge in [0, 0.05) is 21.2 Å². The molecule has 2 aromatic rings. The van der Waals surface area contributed by atoms with E-state index >= 15 is 0 Å². The van der Waals surface area contributed by atoms with Gasteiger partial charge in [-0.3, -0.25) is 4.79 Å². The number of unbranched alkanes of at least 4 members (excludes halogenated alkanes) is 5. The second kappa shape index (κ2) is 13.6.